The van der Waals surface area contributed by atoms with Gasteiger partial charge in [0, 0.05) is 13.3 Å². The summed E-state index contributed by atoms with van der Waals surface area (Å²) in [6.45, 7) is 6.77. The Morgan fingerprint density at radius 3 is 2.92 bits per heavy atom. The minimum absolute atomic E-state index is 0.284. The Morgan fingerprint density at radius 1 is 1.69 bits per heavy atom. The number of carbonyl (C=O) groups is 1. The molecule has 0 radical (unpaired) electrons. The van der Waals surface area contributed by atoms with Gasteiger partial charge in [-0.15, -0.1) is 6.58 Å². The fourth-order valence-electron chi connectivity index (χ4n) is 0.829. The Balaban J connectivity index is 3.56. The number of rotatable bonds is 4. The van der Waals surface area contributed by atoms with Crippen LogP contribution in [-0.4, -0.2) is 12.1 Å². The minimum atomic E-state index is -0.291. The fourth-order valence-corrected chi connectivity index (χ4v) is 0.829. The van der Waals surface area contributed by atoms with Crippen LogP contribution in [0.1, 0.15) is 33.1 Å². The predicted molar refractivity (Wildman–Crippen MR) is 53.1 cm³/mol. The average molecular weight is 180 g/mol. The van der Waals surface area contributed by atoms with Gasteiger partial charge in [-0.1, -0.05) is 17.9 Å². The van der Waals surface area contributed by atoms with Gasteiger partial charge < -0.3 is 4.74 Å². The highest BCUT2D eigenvalue weighted by atomic mass is 16.5. The first-order valence-electron chi connectivity index (χ1n) is 4.43. The second kappa shape index (κ2) is 7.42. The molecule has 0 aliphatic rings. The van der Waals surface area contributed by atoms with E-state index >= 15 is 0 Å². The van der Waals surface area contributed by atoms with E-state index < -0.39 is 0 Å². The Kier molecular flexibility index (Phi) is 6.72. The quantitative estimate of drug-likeness (QED) is 0.287. The molecule has 0 bridgehead atoms. The average Bonchev–Trinajstić information content (AvgIpc) is 2.02. The number of esters is 1. The summed E-state index contributed by atoms with van der Waals surface area (Å²) in [4.78, 5) is 10.5. The fraction of sp³-hybridized carbons (Fsp3) is 0.545. The molecule has 0 aliphatic heterocycles. The molecule has 0 unspecified atom stereocenters. The number of hydrogen-bond donors (Lipinski definition) is 0. The number of hydrogen-bond acceptors (Lipinski definition) is 2. The lowest BCUT2D eigenvalue weighted by Gasteiger charge is -2.02. The summed E-state index contributed by atoms with van der Waals surface area (Å²) in [6.07, 6.45) is 4.41. The monoisotopic (exact) mass is 180 g/mol. The summed E-state index contributed by atoms with van der Waals surface area (Å²) in [5.41, 5.74) is 0. The van der Waals surface area contributed by atoms with E-state index in [-0.39, 0.29) is 12.1 Å². The summed E-state index contributed by atoms with van der Waals surface area (Å²) in [7, 11) is 0. The molecule has 0 rings (SSSR count). The lowest BCUT2D eigenvalue weighted by molar-refractivity contribution is -0.143. The second-order valence-corrected chi connectivity index (χ2v) is 2.75. The van der Waals surface area contributed by atoms with E-state index in [1.165, 1.54) is 6.92 Å². The van der Waals surface area contributed by atoms with E-state index in [0.29, 0.717) is 0 Å². The largest absolute Gasteiger partial charge is 0.450 e. The first-order valence-corrected chi connectivity index (χ1v) is 4.43. The maximum Gasteiger partial charge on any atom is 0.303 e. The van der Waals surface area contributed by atoms with E-state index in [1.54, 1.807) is 6.92 Å². The van der Waals surface area contributed by atoms with Crippen LogP contribution in [0.2, 0.25) is 0 Å². The topological polar surface area (TPSA) is 26.3 Å². The van der Waals surface area contributed by atoms with Crippen molar-refractivity contribution in [3.05, 3.63) is 12.7 Å². The predicted octanol–water partition coefficient (Wildman–Crippen LogP) is 2.30. The molecule has 0 saturated carbocycles. The summed E-state index contributed by atoms with van der Waals surface area (Å²) < 4.78 is 4.82. The van der Waals surface area contributed by atoms with Crippen molar-refractivity contribution in [2.45, 2.75) is 39.2 Å². The van der Waals surface area contributed by atoms with E-state index in [4.69, 9.17) is 4.74 Å². The zero-order chi connectivity index (χ0) is 10.1. The molecule has 0 aliphatic carbocycles. The summed E-state index contributed by atoms with van der Waals surface area (Å²) >= 11 is 0. The van der Waals surface area contributed by atoms with Crippen LogP contribution in [0.15, 0.2) is 12.7 Å². The van der Waals surface area contributed by atoms with E-state index in [1.807, 2.05) is 6.08 Å². The van der Waals surface area contributed by atoms with Crippen molar-refractivity contribution in [3.63, 3.8) is 0 Å². The van der Waals surface area contributed by atoms with Crippen LogP contribution in [0, 0.1) is 11.8 Å². The molecule has 0 N–H and O–H groups in total. The molecule has 0 amide bonds. The van der Waals surface area contributed by atoms with Gasteiger partial charge in [-0.3, -0.25) is 4.79 Å². The molecule has 0 aromatic heterocycles. The Labute approximate surface area is 80.0 Å². The first-order chi connectivity index (χ1) is 6.16. The molecule has 0 aromatic rings. The molecule has 72 valence electrons. The molecule has 0 saturated heterocycles. The van der Waals surface area contributed by atoms with Crippen molar-refractivity contribution in [2.24, 2.45) is 0 Å². The molecule has 1 atom stereocenters. The number of ether oxygens (including phenoxy) is 1. The van der Waals surface area contributed by atoms with Gasteiger partial charge in [0.05, 0.1) is 0 Å². The van der Waals surface area contributed by atoms with Gasteiger partial charge in [-0.2, -0.15) is 0 Å². The molecule has 0 spiro atoms. The molecule has 2 nitrogen and oxygen atoms in total. The van der Waals surface area contributed by atoms with Gasteiger partial charge in [0.2, 0.25) is 0 Å². The third-order valence-corrected chi connectivity index (χ3v) is 1.36. The highest BCUT2D eigenvalue weighted by Crippen LogP contribution is 1.94. The van der Waals surface area contributed by atoms with Crippen molar-refractivity contribution in [1.82, 2.24) is 0 Å². The zero-order valence-electron chi connectivity index (χ0n) is 8.30. The SMILES string of the molecule is C=CCCCC#C[C@@H](C)OC(C)=O. The maximum absolute atomic E-state index is 10.5. The third-order valence-electron chi connectivity index (χ3n) is 1.36. The van der Waals surface area contributed by atoms with Crippen LogP contribution in [0.25, 0.3) is 0 Å². The lowest BCUT2D eigenvalue weighted by atomic mass is 10.2. The van der Waals surface area contributed by atoms with Crippen molar-refractivity contribution < 1.29 is 9.53 Å². The lowest BCUT2D eigenvalue weighted by Crippen LogP contribution is -2.09. The smallest absolute Gasteiger partial charge is 0.303 e. The van der Waals surface area contributed by atoms with E-state index in [9.17, 15) is 4.79 Å². The number of carbonyl (C=O) groups excluding carboxylic acids is 1. The summed E-state index contributed by atoms with van der Waals surface area (Å²) in [5.74, 6) is 5.51. The normalized spacial score (nSPS) is 10.9. The van der Waals surface area contributed by atoms with Gasteiger partial charge in [-0.05, 0) is 19.8 Å². The van der Waals surface area contributed by atoms with Crippen molar-refractivity contribution >= 4 is 5.97 Å². The minimum Gasteiger partial charge on any atom is -0.450 e. The number of allylic oxidation sites excluding steroid dienone is 1. The van der Waals surface area contributed by atoms with E-state index in [0.717, 1.165) is 19.3 Å². The van der Waals surface area contributed by atoms with Gasteiger partial charge in [-0.25, -0.2) is 0 Å². The summed E-state index contributed by atoms with van der Waals surface area (Å²) in [6, 6.07) is 0. The van der Waals surface area contributed by atoms with Crippen molar-refractivity contribution in [2.75, 3.05) is 0 Å². The highest BCUT2D eigenvalue weighted by Gasteiger charge is 1.98. The molecular weight excluding hydrogens is 164 g/mol. The Bertz CT molecular complexity index is 220. The van der Waals surface area contributed by atoms with Gasteiger partial charge in [0.25, 0.3) is 0 Å². The third kappa shape index (κ3) is 8.68. The van der Waals surface area contributed by atoms with Crippen LogP contribution in [0.4, 0.5) is 0 Å². The van der Waals surface area contributed by atoms with Crippen LogP contribution in [0.3, 0.4) is 0 Å². The highest BCUT2D eigenvalue weighted by molar-refractivity contribution is 5.66. The standard InChI is InChI=1S/C11H16O2/c1-4-5-6-7-8-9-10(2)13-11(3)12/h4,10H,1,5-7H2,2-3H3/t10-/m1/s1. The maximum atomic E-state index is 10.5. The van der Waals surface area contributed by atoms with Crippen molar-refractivity contribution in [1.29, 1.82) is 0 Å². The Hall–Kier alpha value is -1.23. The number of unbranched alkanes of at least 4 members (excludes halogenated alkanes) is 2. The van der Waals surface area contributed by atoms with Crippen LogP contribution in [0.5, 0.6) is 0 Å². The van der Waals surface area contributed by atoms with Gasteiger partial charge in [0.15, 0.2) is 6.10 Å². The van der Waals surface area contributed by atoms with Crippen LogP contribution < -0.4 is 0 Å². The molecule has 0 aromatic carbocycles. The molecule has 0 fully saturated rings. The van der Waals surface area contributed by atoms with Crippen LogP contribution in [-0.2, 0) is 9.53 Å². The molecule has 2 heteroatoms. The molecule has 0 heterocycles. The summed E-state index contributed by atoms with van der Waals surface area (Å²) in [5, 5.41) is 0. The zero-order valence-corrected chi connectivity index (χ0v) is 8.30. The van der Waals surface area contributed by atoms with Crippen LogP contribution >= 0.6 is 0 Å². The van der Waals surface area contributed by atoms with Crippen molar-refractivity contribution in [3.8, 4) is 11.8 Å². The first kappa shape index (κ1) is 11.8. The second-order valence-electron chi connectivity index (χ2n) is 2.75. The van der Waals surface area contributed by atoms with Gasteiger partial charge >= 0.3 is 5.97 Å². The molecular formula is C11H16O2. The van der Waals surface area contributed by atoms with E-state index in [2.05, 4.69) is 18.4 Å². The van der Waals surface area contributed by atoms with Gasteiger partial charge in [0.1, 0.15) is 0 Å². The molecule has 13 heavy (non-hydrogen) atoms. The Morgan fingerprint density at radius 2 is 2.38 bits per heavy atom.